The second-order valence-corrected chi connectivity index (χ2v) is 8.34. The van der Waals surface area contributed by atoms with Crippen LogP contribution in [0.25, 0.3) is 11.1 Å². The number of hydrogen-bond acceptors (Lipinski definition) is 5. The zero-order valence-corrected chi connectivity index (χ0v) is 16.6. The molecule has 0 fully saturated rings. The average Bonchev–Trinajstić information content (AvgIpc) is 2.88. The minimum absolute atomic E-state index is 0.0167. The molecule has 0 unspecified atom stereocenters. The summed E-state index contributed by atoms with van der Waals surface area (Å²) in [5.74, 6) is 0.146. The summed E-state index contributed by atoms with van der Waals surface area (Å²) >= 11 is 6.16. The number of aromatic nitrogens is 1. The number of rotatable bonds is 6. The number of sulfonamides is 1. The maximum Gasteiger partial charge on any atom is 0.419 e. The van der Waals surface area contributed by atoms with Gasteiger partial charge in [-0.25, -0.2) is 17.9 Å². The van der Waals surface area contributed by atoms with E-state index in [0.29, 0.717) is 11.9 Å². The van der Waals surface area contributed by atoms with Crippen LogP contribution in [-0.2, 0) is 23.5 Å². The molecule has 0 aliphatic rings. The van der Waals surface area contributed by atoms with Crippen molar-refractivity contribution in [1.29, 1.82) is 0 Å². The van der Waals surface area contributed by atoms with E-state index in [-0.39, 0.29) is 21.5 Å². The van der Waals surface area contributed by atoms with Gasteiger partial charge in [-0.2, -0.15) is 0 Å². The first-order valence-corrected chi connectivity index (χ1v) is 10.0. The smallest absolute Gasteiger partial charge is 0.419 e. The second kappa shape index (κ2) is 7.38. The Hall–Kier alpha value is -2.29. The average molecular weight is 411 g/mol. The Morgan fingerprint density at radius 3 is 2.56 bits per heavy atom. The summed E-state index contributed by atoms with van der Waals surface area (Å²) < 4.78 is 39.5. The third kappa shape index (κ3) is 4.02. The summed E-state index contributed by atoms with van der Waals surface area (Å²) in [6.07, 6.45) is 0.490. The zero-order chi connectivity index (χ0) is 19.8. The topological polar surface area (TPSA) is 90.5 Å². The molecule has 0 saturated heterocycles. The molecule has 0 saturated carbocycles. The zero-order valence-electron chi connectivity index (χ0n) is 15.0. The minimum Gasteiger partial charge on any atom is -0.497 e. The molecule has 3 aromatic rings. The van der Waals surface area contributed by atoms with Gasteiger partial charge in [-0.05, 0) is 37.1 Å². The minimum atomic E-state index is -3.90. The fourth-order valence-electron chi connectivity index (χ4n) is 2.82. The normalized spacial score (nSPS) is 13.0. The molecule has 9 heteroatoms. The van der Waals surface area contributed by atoms with Crippen molar-refractivity contribution in [3.8, 4) is 5.75 Å². The number of halogens is 1. The van der Waals surface area contributed by atoms with Gasteiger partial charge in [0.25, 0.3) is 0 Å². The van der Waals surface area contributed by atoms with Crippen molar-refractivity contribution >= 4 is 32.7 Å². The summed E-state index contributed by atoms with van der Waals surface area (Å²) in [7, 11) is -0.790. The van der Waals surface area contributed by atoms with Crippen molar-refractivity contribution in [1.82, 2.24) is 9.29 Å². The van der Waals surface area contributed by atoms with Crippen LogP contribution in [0.2, 0.25) is 5.02 Å². The van der Waals surface area contributed by atoms with Crippen LogP contribution in [-0.4, -0.2) is 26.1 Å². The van der Waals surface area contributed by atoms with Crippen LogP contribution in [0, 0.1) is 0 Å². The lowest BCUT2D eigenvalue weighted by Gasteiger charge is -2.15. The Labute approximate surface area is 161 Å². The van der Waals surface area contributed by atoms with Crippen molar-refractivity contribution in [3.05, 3.63) is 57.5 Å². The van der Waals surface area contributed by atoms with Gasteiger partial charge in [-0.15, -0.1) is 0 Å². The number of ether oxygens (including phenoxy) is 1. The quantitative estimate of drug-likeness (QED) is 0.674. The molecule has 1 N–H and O–H groups in total. The molecule has 7 nitrogen and oxygen atoms in total. The fourth-order valence-corrected chi connectivity index (χ4v) is 4.60. The van der Waals surface area contributed by atoms with Gasteiger partial charge in [0, 0.05) is 19.2 Å². The lowest BCUT2D eigenvalue weighted by atomic mass is 10.1. The van der Waals surface area contributed by atoms with E-state index in [0.717, 1.165) is 11.3 Å². The Kier molecular flexibility index (Phi) is 5.32. The third-order valence-electron chi connectivity index (χ3n) is 4.19. The first-order valence-electron chi connectivity index (χ1n) is 8.15. The molecule has 0 amide bonds. The Morgan fingerprint density at radius 2 is 1.93 bits per heavy atom. The lowest BCUT2D eigenvalue weighted by Crippen LogP contribution is -2.34. The van der Waals surface area contributed by atoms with Crippen LogP contribution >= 0.6 is 11.6 Å². The molecule has 1 heterocycles. The van der Waals surface area contributed by atoms with Crippen molar-refractivity contribution in [2.75, 3.05) is 7.11 Å². The van der Waals surface area contributed by atoms with E-state index in [4.69, 9.17) is 20.8 Å². The van der Waals surface area contributed by atoms with Gasteiger partial charge >= 0.3 is 5.76 Å². The number of nitrogens with one attached hydrogen (secondary N) is 1. The summed E-state index contributed by atoms with van der Waals surface area (Å²) in [6.45, 7) is 1.76. The van der Waals surface area contributed by atoms with Crippen molar-refractivity contribution < 1.29 is 17.6 Å². The number of benzene rings is 2. The number of oxazole rings is 1. The van der Waals surface area contributed by atoms with E-state index in [1.165, 1.54) is 23.7 Å². The molecular weight excluding hydrogens is 392 g/mol. The highest BCUT2D eigenvalue weighted by Crippen LogP contribution is 2.27. The first-order chi connectivity index (χ1) is 12.7. The number of nitrogens with zero attached hydrogens (tertiary/aromatic N) is 1. The molecule has 144 valence electrons. The van der Waals surface area contributed by atoms with E-state index < -0.39 is 15.8 Å². The monoisotopic (exact) mass is 410 g/mol. The van der Waals surface area contributed by atoms with Gasteiger partial charge in [-0.3, -0.25) is 4.57 Å². The molecular formula is C18H19ClN2O5S. The highest BCUT2D eigenvalue weighted by Gasteiger charge is 2.23. The van der Waals surface area contributed by atoms with Gasteiger partial charge in [0.2, 0.25) is 10.0 Å². The maximum absolute atomic E-state index is 12.7. The van der Waals surface area contributed by atoms with Gasteiger partial charge in [0.1, 0.15) is 10.6 Å². The molecule has 0 spiro atoms. The molecule has 1 atom stereocenters. The largest absolute Gasteiger partial charge is 0.497 e. The number of aryl methyl sites for hydroxylation is 1. The number of fused-ring (bicyclic) bond motifs is 1. The Bertz CT molecular complexity index is 1130. The molecule has 2 aromatic carbocycles. The van der Waals surface area contributed by atoms with Crippen molar-refractivity contribution in [3.63, 3.8) is 0 Å². The van der Waals surface area contributed by atoms with Crippen LogP contribution in [0.4, 0.5) is 0 Å². The van der Waals surface area contributed by atoms with Crippen LogP contribution in [0.15, 0.2) is 50.5 Å². The standard InChI is InChI=1S/C18H19ClN2O5S/c1-11(8-12-4-6-13(25-3)7-5-12)20-27(23,24)17-10-16-15(9-14(17)19)21(2)18(22)26-16/h4-7,9-11,20H,8H2,1-3H3/t11-/m0/s1. The molecule has 0 aliphatic heterocycles. The van der Waals surface area contributed by atoms with E-state index in [1.54, 1.807) is 14.0 Å². The lowest BCUT2D eigenvalue weighted by molar-refractivity contribution is 0.414. The highest BCUT2D eigenvalue weighted by molar-refractivity contribution is 7.89. The van der Waals surface area contributed by atoms with Crippen LogP contribution in [0.5, 0.6) is 5.75 Å². The number of hydrogen-bond donors (Lipinski definition) is 1. The van der Waals surface area contributed by atoms with Crippen LogP contribution < -0.4 is 15.2 Å². The SMILES string of the molecule is COc1ccc(C[C@H](C)NS(=O)(=O)c2cc3oc(=O)n(C)c3cc2Cl)cc1. The van der Waals surface area contributed by atoms with E-state index in [2.05, 4.69) is 4.72 Å². The predicted molar refractivity (Wildman–Crippen MR) is 103 cm³/mol. The fraction of sp³-hybridized carbons (Fsp3) is 0.278. The first kappa shape index (κ1) is 19.5. The highest BCUT2D eigenvalue weighted by atomic mass is 35.5. The third-order valence-corrected chi connectivity index (χ3v) is 6.25. The molecule has 1 aromatic heterocycles. The van der Waals surface area contributed by atoms with E-state index in [1.807, 2.05) is 24.3 Å². The summed E-state index contributed by atoms with van der Waals surface area (Å²) in [4.78, 5) is 11.5. The van der Waals surface area contributed by atoms with Gasteiger partial charge < -0.3 is 9.15 Å². The molecule has 0 bridgehead atoms. The second-order valence-electron chi connectivity index (χ2n) is 6.25. The van der Waals surface area contributed by atoms with E-state index in [9.17, 15) is 13.2 Å². The van der Waals surface area contributed by atoms with Crippen LogP contribution in [0.3, 0.4) is 0 Å². The number of methoxy groups -OCH3 is 1. The maximum atomic E-state index is 12.7. The Morgan fingerprint density at radius 1 is 1.26 bits per heavy atom. The molecule has 0 radical (unpaired) electrons. The van der Waals surface area contributed by atoms with Gasteiger partial charge in [0.05, 0.1) is 17.6 Å². The van der Waals surface area contributed by atoms with Crippen molar-refractivity contribution in [2.45, 2.75) is 24.3 Å². The Balaban J connectivity index is 1.84. The summed E-state index contributed by atoms with van der Waals surface area (Å²) in [5, 5.41) is 0.0167. The molecule has 3 rings (SSSR count). The van der Waals surface area contributed by atoms with Gasteiger partial charge in [-0.1, -0.05) is 23.7 Å². The van der Waals surface area contributed by atoms with Crippen molar-refractivity contribution in [2.24, 2.45) is 7.05 Å². The summed E-state index contributed by atoms with van der Waals surface area (Å²) in [5.41, 5.74) is 1.55. The van der Waals surface area contributed by atoms with Crippen LogP contribution in [0.1, 0.15) is 12.5 Å². The van der Waals surface area contributed by atoms with E-state index >= 15 is 0 Å². The molecule has 0 aliphatic carbocycles. The summed E-state index contributed by atoms with van der Waals surface area (Å²) in [6, 6.07) is 9.68. The van der Waals surface area contributed by atoms with Gasteiger partial charge in [0.15, 0.2) is 5.58 Å². The predicted octanol–water partition coefficient (Wildman–Crippen LogP) is 2.70. The molecule has 27 heavy (non-hydrogen) atoms.